The fraction of sp³-hybridized carbons (Fsp3) is 0.250. The normalized spacial score (nSPS) is 14.2. The van der Waals surface area contributed by atoms with Crippen LogP contribution >= 0.6 is 0 Å². The van der Waals surface area contributed by atoms with E-state index in [2.05, 4.69) is 10.1 Å². The fourth-order valence-electron chi connectivity index (χ4n) is 3.08. The number of carbonyl (C=O) groups excluding carboxylic acids is 2. The highest BCUT2D eigenvalue weighted by atomic mass is 16.5. The van der Waals surface area contributed by atoms with Crippen LogP contribution in [0.2, 0.25) is 0 Å². The summed E-state index contributed by atoms with van der Waals surface area (Å²) in [5, 5.41) is 5.54. The second kappa shape index (κ2) is 7.70. The van der Waals surface area contributed by atoms with E-state index >= 15 is 0 Å². The standard InChI is InChI=1S/C20H18N4O5/c1-23-18(25)9-8-16(22-23)20(27)29-12-17-21-15-7-3-2-6-14(15)19(26)24(17)11-13-5-4-10-28-13/h2-7,10H,8-9,11-12H2,1H3. The van der Waals surface area contributed by atoms with Crippen molar-refractivity contribution in [3.8, 4) is 0 Å². The van der Waals surface area contributed by atoms with E-state index in [9.17, 15) is 14.4 Å². The van der Waals surface area contributed by atoms with Crippen LogP contribution in [0.3, 0.4) is 0 Å². The van der Waals surface area contributed by atoms with Gasteiger partial charge in [0.1, 0.15) is 18.1 Å². The van der Waals surface area contributed by atoms with Crippen molar-refractivity contribution in [3.63, 3.8) is 0 Å². The molecule has 0 saturated heterocycles. The van der Waals surface area contributed by atoms with Crippen molar-refractivity contribution in [2.24, 2.45) is 5.10 Å². The van der Waals surface area contributed by atoms with Crippen LogP contribution in [0.5, 0.6) is 0 Å². The van der Waals surface area contributed by atoms with Gasteiger partial charge in [0.05, 0.1) is 23.7 Å². The summed E-state index contributed by atoms with van der Waals surface area (Å²) in [6.07, 6.45) is 1.93. The van der Waals surface area contributed by atoms with E-state index in [4.69, 9.17) is 9.15 Å². The summed E-state index contributed by atoms with van der Waals surface area (Å²) in [4.78, 5) is 41.4. The highest BCUT2D eigenvalue weighted by molar-refractivity contribution is 6.37. The maximum atomic E-state index is 13.0. The monoisotopic (exact) mass is 394 g/mol. The minimum absolute atomic E-state index is 0.160. The molecule has 0 unspecified atom stereocenters. The first-order valence-corrected chi connectivity index (χ1v) is 9.05. The molecule has 9 heteroatoms. The first-order chi connectivity index (χ1) is 14.0. The Morgan fingerprint density at radius 1 is 1.17 bits per heavy atom. The molecule has 2 aromatic heterocycles. The average molecular weight is 394 g/mol. The Labute approximate surface area is 165 Å². The van der Waals surface area contributed by atoms with Crippen LogP contribution in [-0.4, -0.2) is 39.2 Å². The number of nitrogens with zero attached hydrogens (tertiary/aromatic N) is 4. The molecule has 0 aliphatic carbocycles. The molecule has 4 rings (SSSR count). The van der Waals surface area contributed by atoms with Crippen molar-refractivity contribution < 1.29 is 18.7 Å². The molecule has 0 atom stereocenters. The lowest BCUT2D eigenvalue weighted by molar-refractivity contribution is -0.137. The number of benzene rings is 1. The van der Waals surface area contributed by atoms with Gasteiger partial charge in [-0.2, -0.15) is 5.10 Å². The largest absolute Gasteiger partial charge is 0.467 e. The summed E-state index contributed by atoms with van der Waals surface area (Å²) in [5.74, 6) is 0.0641. The molecule has 0 spiro atoms. The van der Waals surface area contributed by atoms with Crippen molar-refractivity contribution in [2.45, 2.75) is 26.0 Å². The lowest BCUT2D eigenvalue weighted by atomic mass is 10.2. The van der Waals surface area contributed by atoms with Gasteiger partial charge < -0.3 is 9.15 Å². The zero-order chi connectivity index (χ0) is 20.4. The summed E-state index contributed by atoms with van der Waals surface area (Å²) in [6, 6.07) is 10.5. The molecule has 0 N–H and O–H groups in total. The van der Waals surface area contributed by atoms with E-state index < -0.39 is 5.97 Å². The number of aromatic nitrogens is 2. The Kier molecular flexibility index (Phi) is 4.94. The maximum Gasteiger partial charge on any atom is 0.354 e. The van der Waals surface area contributed by atoms with Gasteiger partial charge in [-0.1, -0.05) is 12.1 Å². The molecule has 9 nitrogen and oxygen atoms in total. The predicted molar refractivity (Wildman–Crippen MR) is 103 cm³/mol. The Balaban J connectivity index is 1.63. The van der Waals surface area contributed by atoms with Crippen LogP contribution in [0.25, 0.3) is 10.9 Å². The predicted octanol–water partition coefficient (Wildman–Crippen LogP) is 1.69. The van der Waals surface area contributed by atoms with Crippen molar-refractivity contribution in [1.29, 1.82) is 0 Å². The zero-order valence-electron chi connectivity index (χ0n) is 15.7. The van der Waals surface area contributed by atoms with Crippen LogP contribution < -0.4 is 5.56 Å². The number of amides is 1. The molecule has 1 aliphatic heterocycles. The quantitative estimate of drug-likeness (QED) is 0.610. The molecule has 3 heterocycles. The summed E-state index contributed by atoms with van der Waals surface area (Å²) >= 11 is 0. The van der Waals surface area contributed by atoms with Gasteiger partial charge in [0, 0.05) is 19.9 Å². The molecule has 0 radical (unpaired) electrons. The number of esters is 1. The summed E-state index contributed by atoms with van der Waals surface area (Å²) in [7, 11) is 1.49. The molecule has 0 saturated carbocycles. The van der Waals surface area contributed by atoms with Gasteiger partial charge in [0.2, 0.25) is 5.91 Å². The van der Waals surface area contributed by atoms with Crippen molar-refractivity contribution >= 4 is 28.5 Å². The van der Waals surface area contributed by atoms with Crippen LogP contribution in [0, 0.1) is 0 Å². The molecular weight excluding hydrogens is 376 g/mol. The van der Waals surface area contributed by atoms with Gasteiger partial charge in [0.15, 0.2) is 5.82 Å². The summed E-state index contributed by atoms with van der Waals surface area (Å²) in [5.41, 5.74) is 0.422. The lowest BCUT2D eigenvalue weighted by Gasteiger charge is -2.18. The Morgan fingerprint density at radius 2 is 2.00 bits per heavy atom. The highest BCUT2D eigenvalue weighted by Crippen LogP contribution is 2.13. The second-order valence-electron chi connectivity index (χ2n) is 6.56. The van der Waals surface area contributed by atoms with E-state index in [1.54, 1.807) is 36.4 Å². The van der Waals surface area contributed by atoms with E-state index in [1.807, 2.05) is 0 Å². The van der Waals surface area contributed by atoms with Crippen LogP contribution in [0.4, 0.5) is 0 Å². The number of rotatable bonds is 5. The number of ether oxygens (including phenoxy) is 1. The minimum Gasteiger partial charge on any atom is -0.467 e. The first kappa shape index (κ1) is 18.6. The molecule has 3 aromatic rings. The highest BCUT2D eigenvalue weighted by Gasteiger charge is 2.24. The number of carbonyl (C=O) groups is 2. The van der Waals surface area contributed by atoms with E-state index in [-0.39, 0.29) is 43.2 Å². The van der Waals surface area contributed by atoms with Crippen molar-refractivity contribution in [2.75, 3.05) is 7.05 Å². The topological polar surface area (TPSA) is 107 Å². The minimum atomic E-state index is -0.642. The van der Waals surface area contributed by atoms with Gasteiger partial charge >= 0.3 is 5.97 Å². The van der Waals surface area contributed by atoms with Gasteiger partial charge in [-0.05, 0) is 24.3 Å². The van der Waals surface area contributed by atoms with E-state index in [1.165, 1.54) is 17.9 Å². The van der Waals surface area contributed by atoms with Crippen LogP contribution in [-0.2, 0) is 27.5 Å². The van der Waals surface area contributed by atoms with Crippen molar-refractivity contribution in [3.05, 3.63) is 64.6 Å². The Hall–Kier alpha value is -3.75. The average Bonchev–Trinajstić information content (AvgIpc) is 3.24. The zero-order valence-corrected chi connectivity index (χ0v) is 15.7. The molecule has 0 bridgehead atoms. The maximum absolute atomic E-state index is 13.0. The molecule has 1 aromatic carbocycles. The number of para-hydroxylation sites is 1. The second-order valence-corrected chi connectivity index (χ2v) is 6.56. The number of hydrogen-bond acceptors (Lipinski definition) is 7. The van der Waals surface area contributed by atoms with Gasteiger partial charge in [-0.3, -0.25) is 14.2 Å². The number of furan rings is 1. The third kappa shape index (κ3) is 3.79. The van der Waals surface area contributed by atoms with E-state index in [0.29, 0.717) is 22.5 Å². The Bertz CT molecular complexity index is 1160. The Morgan fingerprint density at radius 3 is 2.76 bits per heavy atom. The fourth-order valence-corrected chi connectivity index (χ4v) is 3.08. The molecule has 0 fully saturated rings. The van der Waals surface area contributed by atoms with Gasteiger partial charge in [0.25, 0.3) is 5.56 Å². The van der Waals surface area contributed by atoms with Gasteiger partial charge in [-0.15, -0.1) is 0 Å². The van der Waals surface area contributed by atoms with Crippen LogP contribution in [0.1, 0.15) is 24.4 Å². The third-order valence-corrected chi connectivity index (χ3v) is 4.61. The summed E-state index contributed by atoms with van der Waals surface area (Å²) in [6.45, 7) is -0.0506. The molecule has 29 heavy (non-hydrogen) atoms. The summed E-state index contributed by atoms with van der Waals surface area (Å²) < 4.78 is 12.1. The molecule has 1 amide bonds. The van der Waals surface area contributed by atoms with Crippen LogP contribution in [0.15, 0.2) is 57.0 Å². The lowest BCUT2D eigenvalue weighted by Crippen LogP contribution is -2.33. The number of hydrogen-bond donors (Lipinski definition) is 0. The first-order valence-electron chi connectivity index (χ1n) is 9.05. The SMILES string of the molecule is CN1N=C(C(=O)OCc2nc3ccccc3c(=O)n2Cc2ccco2)CCC1=O. The number of hydrazone groups is 1. The smallest absolute Gasteiger partial charge is 0.354 e. The number of fused-ring (bicyclic) bond motifs is 1. The van der Waals surface area contributed by atoms with Crippen molar-refractivity contribution in [1.82, 2.24) is 14.6 Å². The molecular formula is C20H18N4O5. The third-order valence-electron chi connectivity index (χ3n) is 4.61. The van der Waals surface area contributed by atoms with Gasteiger partial charge in [-0.25, -0.2) is 14.8 Å². The molecule has 148 valence electrons. The van der Waals surface area contributed by atoms with E-state index in [0.717, 1.165) is 5.01 Å². The molecule has 1 aliphatic rings.